The van der Waals surface area contributed by atoms with Crippen molar-refractivity contribution in [1.29, 1.82) is 0 Å². The topological polar surface area (TPSA) is 123 Å². The molecule has 0 saturated carbocycles. The van der Waals surface area contributed by atoms with Crippen LogP contribution in [-0.2, 0) is 32.6 Å². The summed E-state index contributed by atoms with van der Waals surface area (Å²) in [6, 6.07) is 16.9. The van der Waals surface area contributed by atoms with Gasteiger partial charge in [0.25, 0.3) is 5.91 Å². The molecule has 2 aromatic carbocycles. The van der Waals surface area contributed by atoms with Crippen LogP contribution in [0.2, 0.25) is 0 Å². The number of rotatable bonds is 7. The fourth-order valence-electron chi connectivity index (χ4n) is 3.92. The molecule has 10 heteroatoms. The van der Waals surface area contributed by atoms with Crippen LogP contribution in [0, 0.1) is 6.92 Å². The van der Waals surface area contributed by atoms with E-state index in [9.17, 15) is 21.6 Å². The number of carbonyl (C=O) groups is 1. The molecule has 0 fully saturated rings. The molecule has 0 saturated heterocycles. The minimum atomic E-state index is -3.45. The fourth-order valence-corrected chi connectivity index (χ4v) is 5.85. The van der Waals surface area contributed by atoms with E-state index in [2.05, 4.69) is 15.3 Å². The summed E-state index contributed by atoms with van der Waals surface area (Å²) in [4.78, 5) is 22.1. The van der Waals surface area contributed by atoms with Gasteiger partial charge in [0.15, 0.2) is 19.7 Å². The van der Waals surface area contributed by atoms with Crippen molar-refractivity contribution in [2.45, 2.75) is 29.7 Å². The molecule has 0 radical (unpaired) electrons. The summed E-state index contributed by atoms with van der Waals surface area (Å²) in [5.74, 6) is -0.416. The van der Waals surface area contributed by atoms with E-state index >= 15 is 0 Å². The second kappa shape index (κ2) is 9.79. The van der Waals surface area contributed by atoms with E-state index in [4.69, 9.17) is 0 Å². The van der Waals surface area contributed by atoms with Crippen molar-refractivity contribution >= 4 is 36.5 Å². The summed E-state index contributed by atoms with van der Waals surface area (Å²) in [6.07, 6.45) is 4.30. The first kappa shape index (κ1) is 25.5. The summed E-state index contributed by atoms with van der Waals surface area (Å²) in [6.45, 7) is 1.80. The Balaban J connectivity index is 1.54. The average molecular weight is 524 g/mol. The van der Waals surface area contributed by atoms with Crippen molar-refractivity contribution in [1.82, 2.24) is 15.3 Å². The van der Waals surface area contributed by atoms with Gasteiger partial charge in [-0.2, -0.15) is 0 Å². The van der Waals surface area contributed by atoms with Crippen LogP contribution in [0.1, 0.15) is 32.9 Å². The third-order valence-corrected chi connectivity index (χ3v) is 8.15. The molecular formula is C26H25N3O5S2. The summed E-state index contributed by atoms with van der Waals surface area (Å²) in [7, 11) is -6.82. The Labute approximate surface area is 210 Å². The highest BCUT2D eigenvalue weighted by Crippen LogP contribution is 2.21. The molecule has 1 N–H and O–H groups in total. The number of aromatic nitrogens is 2. The number of sulfone groups is 2. The SMILES string of the molecule is Cc1ccc(C(=O)NCc2cc3nc(Cc4ccccc4S(C)(=O)=O)ccc3cn2)cc1S(C)(=O)=O. The molecular weight excluding hydrogens is 498 g/mol. The van der Waals surface area contributed by atoms with E-state index < -0.39 is 25.6 Å². The van der Waals surface area contributed by atoms with Crippen LogP contribution in [0.4, 0.5) is 0 Å². The van der Waals surface area contributed by atoms with Crippen LogP contribution < -0.4 is 5.32 Å². The molecule has 0 bridgehead atoms. The van der Waals surface area contributed by atoms with E-state index in [1.807, 2.05) is 12.1 Å². The van der Waals surface area contributed by atoms with Gasteiger partial charge in [-0.3, -0.25) is 14.8 Å². The summed E-state index contributed by atoms with van der Waals surface area (Å²) >= 11 is 0. The number of amides is 1. The van der Waals surface area contributed by atoms with Gasteiger partial charge < -0.3 is 5.32 Å². The second-order valence-electron chi connectivity index (χ2n) is 8.66. The molecule has 0 atom stereocenters. The number of carbonyl (C=O) groups excluding carboxylic acids is 1. The van der Waals surface area contributed by atoms with Gasteiger partial charge >= 0.3 is 0 Å². The minimum absolute atomic E-state index is 0.119. The third kappa shape index (κ3) is 5.77. The molecule has 186 valence electrons. The maximum atomic E-state index is 12.6. The van der Waals surface area contributed by atoms with Crippen LogP contribution in [0.3, 0.4) is 0 Å². The number of hydrogen-bond acceptors (Lipinski definition) is 7. The van der Waals surface area contributed by atoms with Crippen molar-refractivity contribution in [2.24, 2.45) is 0 Å². The Morgan fingerprint density at radius 2 is 1.58 bits per heavy atom. The number of nitrogens with zero attached hydrogens (tertiary/aromatic N) is 2. The highest BCUT2D eigenvalue weighted by molar-refractivity contribution is 7.91. The number of benzene rings is 2. The lowest BCUT2D eigenvalue weighted by molar-refractivity contribution is 0.0950. The van der Waals surface area contributed by atoms with Gasteiger partial charge in [0, 0.05) is 41.8 Å². The normalized spacial score (nSPS) is 12.0. The van der Waals surface area contributed by atoms with Crippen molar-refractivity contribution in [3.8, 4) is 0 Å². The Morgan fingerprint density at radius 1 is 0.861 bits per heavy atom. The Hall–Kier alpha value is -3.63. The summed E-state index contributed by atoms with van der Waals surface area (Å²) in [5.41, 5.74) is 3.43. The van der Waals surface area contributed by atoms with Crippen LogP contribution >= 0.6 is 0 Å². The first-order chi connectivity index (χ1) is 16.9. The highest BCUT2D eigenvalue weighted by atomic mass is 32.2. The van der Waals surface area contributed by atoms with E-state index in [0.29, 0.717) is 34.5 Å². The van der Waals surface area contributed by atoms with Gasteiger partial charge in [0.1, 0.15) is 0 Å². The Morgan fingerprint density at radius 3 is 2.31 bits per heavy atom. The molecule has 36 heavy (non-hydrogen) atoms. The molecule has 8 nitrogen and oxygen atoms in total. The molecule has 0 aliphatic carbocycles. The van der Waals surface area contributed by atoms with Gasteiger partial charge in [-0.1, -0.05) is 24.3 Å². The molecule has 0 aliphatic rings. The second-order valence-corrected chi connectivity index (χ2v) is 12.6. The standard InChI is InChI=1S/C26H25N3O5S2/c1-17-8-9-19(13-25(17)36(3,33)34)26(30)28-16-22-14-23-20(15-27-22)10-11-21(29-23)12-18-6-4-5-7-24(18)35(2,31)32/h4-11,13-15H,12,16H2,1-3H3,(H,28,30). The lowest BCUT2D eigenvalue weighted by atomic mass is 10.1. The lowest BCUT2D eigenvalue weighted by Gasteiger charge is -2.10. The van der Waals surface area contributed by atoms with Crippen molar-refractivity contribution in [2.75, 3.05) is 12.5 Å². The summed E-state index contributed by atoms with van der Waals surface area (Å²) < 4.78 is 48.2. The van der Waals surface area contributed by atoms with E-state index in [-0.39, 0.29) is 21.9 Å². The minimum Gasteiger partial charge on any atom is -0.346 e. The highest BCUT2D eigenvalue weighted by Gasteiger charge is 2.16. The van der Waals surface area contributed by atoms with Gasteiger partial charge in [0.2, 0.25) is 0 Å². The van der Waals surface area contributed by atoms with E-state index in [1.165, 1.54) is 12.3 Å². The zero-order chi connectivity index (χ0) is 26.1. The third-order valence-electron chi connectivity index (χ3n) is 5.71. The zero-order valence-corrected chi connectivity index (χ0v) is 21.7. The maximum Gasteiger partial charge on any atom is 0.251 e. The molecule has 0 aliphatic heterocycles. The van der Waals surface area contributed by atoms with Crippen molar-refractivity contribution < 1.29 is 21.6 Å². The average Bonchev–Trinajstić information content (AvgIpc) is 2.81. The zero-order valence-electron chi connectivity index (χ0n) is 20.0. The van der Waals surface area contributed by atoms with Crippen LogP contribution in [0.5, 0.6) is 0 Å². The first-order valence-corrected chi connectivity index (χ1v) is 14.8. The molecule has 0 spiro atoms. The summed E-state index contributed by atoms with van der Waals surface area (Å²) in [5, 5.41) is 3.57. The molecule has 1 amide bonds. The number of hydrogen-bond donors (Lipinski definition) is 1. The van der Waals surface area contributed by atoms with Gasteiger partial charge in [-0.15, -0.1) is 0 Å². The largest absolute Gasteiger partial charge is 0.346 e. The molecule has 0 unspecified atom stereocenters. The quantitative estimate of drug-likeness (QED) is 0.394. The van der Waals surface area contributed by atoms with E-state index in [1.54, 1.807) is 55.6 Å². The van der Waals surface area contributed by atoms with E-state index in [0.717, 1.165) is 11.6 Å². The number of fused-ring (bicyclic) bond motifs is 1. The number of nitrogens with one attached hydrogen (secondary N) is 1. The Kier molecular flexibility index (Phi) is 6.92. The number of pyridine rings is 2. The molecule has 4 aromatic rings. The first-order valence-electron chi connectivity index (χ1n) is 11.0. The predicted octanol–water partition coefficient (Wildman–Crippen LogP) is 3.27. The fraction of sp³-hybridized carbons (Fsp3) is 0.192. The Bertz CT molecular complexity index is 1700. The van der Waals surface area contributed by atoms with Crippen LogP contribution in [-0.4, -0.2) is 45.2 Å². The van der Waals surface area contributed by atoms with Crippen LogP contribution in [0.25, 0.3) is 10.9 Å². The smallest absolute Gasteiger partial charge is 0.251 e. The van der Waals surface area contributed by atoms with Crippen molar-refractivity contribution in [3.05, 3.63) is 94.9 Å². The van der Waals surface area contributed by atoms with Gasteiger partial charge in [-0.05, 0) is 54.4 Å². The predicted molar refractivity (Wildman–Crippen MR) is 137 cm³/mol. The van der Waals surface area contributed by atoms with Crippen LogP contribution in [0.15, 0.2) is 76.7 Å². The monoisotopic (exact) mass is 523 g/mol. The maximum absolute atomic E-state index is 12.6. The molecule has 2 aromatic heterocycles. The lowest BCUT2D eigenvalue weighted by Crippen LogP contribution is -2.23. The van der Waals surface area contributed by atoms with Gasteiger partial charge in [0.05, 0.1) is 27.5 Å². The van der Waals surface area contributed by atoms with Crippen molar-refractivity contribution in [3.63, 3.8) is 0 Å². The molecule has 2 heterocycles. The number of aryl methyl sites for hydroxylation is 1. The van der Waals surface area contributed by atoms with Gasteiger partial charge in [-0.25, -0.2) is 16.8 Å². The molecule has 4 rings (SSSR count).